The van der Waals surface area contributed by atoms with E-state index < -0.39 is 0 Å². The van der Waals surface area contributed by atoms with E-state index in [0.717, 1.165) is 55.8 Å². The maximum Gasteiger partial charge on any atom is 0.320 e. The lowest BCUT2D eigenvalue weighted by Gasteiger charge is -2.33. The summed E-state index contributed by atoms with van der Waals surface area (Å²) in [6.07, 6.45) is 3.47. The number of H-pyrrole nitrogens is 1. The molecule has 0 aliphatic carbocycles. The molecule has 3 aromatic heterocycles. The number of rotatable bonds is 8. The van der Waals surface area contributed by atoms with Gasteiger partial charge in [0, 0.05) is 62.6 Å². The number of amides is 2. The molecule has 3 aromatic rings. The van der Waals surface area contributed by atoms with Gasteiger partial charge in [0.15, 0.2) is 0 Å². The van der Waals surface area contributed by atoms with Crippen molar-refractivity contribution in [1.29, 1.82) is 0 Å². The standard InChI is InChI=1S/C23H31N7O3/c1-4-29-11-13-30(14-12-29)10-9-25-23(31)28-19-6-5-16-17(15-26-21(16)27-19)20-18(32-2)7-8-24-22(20)33-3/h5-8,15H,4,9-14H2,1-3H3,(H3,25,26,27,28,31). The van der Waals surface area contributed by atoms with Crippen LogP contribution < -0.4 is 20.1 Å². The smallest absolute Gasteiger partial charge is 0.320 e. The zero-order valence-electron chi connectivity index (χ0n) is 19.4. The van der Waals surface area contributed by atoms with Crippen molar-refractivity contribution in [3.05, 3.63) is 30.6 Å². The van der Waals surface area contributed by atoms with Crippen LogP contribution in [0, 0.1) is 0 Å². The Morgan fingerprint density at radius 1 is 1.12 bits per heavy atom. The van der Waals surface area contributed by atoms with Crippen molar-refractivity contribution in [1.82, 2.24) is 30.1 Å². The lowest BCUT2D eigenvalue weighted by atomic mass is 10.1. The Morgan fingerprint density at radius 3 is 2.64 bits per heavy atom. The molecule has 10 heteroatoms. The number of urea groups is 1. The third kappa shape index (κ3) is 5.18. The number of carbonyl (C=O) groups is 1. The minimum absolute atomic E-state index is 0.267. The van der Waals surface area contributed by atoms with Crippen LogP contribution in [0.25, 0.3) is 22.2 Å². The van der Waals surface area contributed by atoms with E-state index in [2.05, 4.69) is 42.3 Å². The highest BCUT2D eigenvalue weighted by Gasteiger charge is 2.19. The van der Waals surface area contributed by atoms with Gasteiger partial charge < -0.3 is 24.7 Å². The highest BCUT2D eigenvalue weighted by molar-refractivity contribution is 5.98. The van der Waals surface area contributed by atoms with E-state index in [1.807, 2.05) is 12.3 Å². The Labute approximate surface area is 193 Å². The maximum atomic E-state index is 12.3. The van der Waals surface area contributed by atoms with Gasteiger partial charge >= 0.3 is 6.03 Å². The first kappa shape index (κ1) is 22.8. The number of likely N-dealkylation sites (N-methyl/N-ethyl adjacent to an activating group) is 1. The number of nitrogens with zero attached hydrogens (tertiary/aromatic N) is 4. The number of aromatic nitrogens is 3. The first-order valence-electron chi connectivity index (χ1n) is 11.2. The molecule has 0 radical (unpaired) electrons. The SMILES string of the molecule is CCN1CCN(CCNC(=O)Nc2ccc3c(-c4c(OC)ccnc4OC)c[nH]c3n2)CC1. The first-order chi connectivity index (χ1) is 16.1. The summed E-state index contributed by atoms with van der Waals surface area (Å²) < 4.78 is 10.9. The van der Waals surface area contributed by atoms with Crippen LogP contribution >= 0.6 is 0 Å². The van der Waals surface area contributed by atoms with Gasteiger partial charge in [0.25, 0.3) is 0 Å². The molecular formula is C23H31N7O3. The Bertz CT molecular complexity index is 1070. The fraction of sp³-hybridized carbons (Fsp3) is 0.435. The molecule has 10 nitrogen and oxygen atoms in total. The number of hydrogen-bond acceptors (Lipinski definition) is 7. The quantitative estimate of drug-likeness (QED) is 0.481. The Kier molecular flexibility index (Phi) is 7.26. The van der Waals surface area contributed by atoms with Crippen LogP contribution in [-0.4, -0.2) is 90.8 Å². The fourth-order valence-corrected chi connectivity index (χ4v) is 4.10. The molecule has 0 spiro atoms. The molecule has 1 aliphatic rings. The Hall–Kier alpha value is -3.37. The largest absolute Gasteiger partial charge is 0.496 e. The number of anilines is 1. The zero-order valence-corrected chi connectivity index (χ0v) is 19.4. The second-order valence-electron chi connectivity index (χ2n) is 7.85. The number of aromatic amines is 1. The molecule has 0 saturated carbocycles. The lowest BCUT2D eigenvalue weighted by molar-refractivity contribution is 0.138. The van der Waals surface area contributed by atoms with E-state index in [9.17, 15) is 4.79 Å². The van der Waals surface area contributed by atoms with E-state index >= 15 is 0 Å². The number of ether oxygens (including phenoxy) is 2. The van der Waals surface area contributed by atoms with Gasteiger partial charge in [0.05, 0.1) is 19.8 Å². The van der Waals surface area contributed by atoms with Crippen molar-refractivity contribution in [3.63, 3.8) is 0 Å². The Balaban J connectivity index is 1.38. The molecule has 0 aromatic carbocycles. The second-order valence-corrected chi connectivity index (χ2v) is 7.85. The third-order valence-electron chi connectivity index (χ3n) is 5.97. The molecule has 1 saturated heterocycles. The van der Waals surface area contributed by atoms with Gasteiger partial charge in [0.1, 0.15) is 17.2 Å². The molecule has 1 aliphatic heterocycles. The topological polar surface area (TPSA) is 108 Å². The zero-order chi connectivity index (χ0) is 23.2. The van der Waals surface area contributed by atoms with Crippen LogP contribution in [0.2, 0.25) is 0 Å². The van der Waals surface area contributed by atoms with Gasteiger partial charge in [-0.2, -0.15) is 0 Å². The van der Waals surface area contributed by atoms with E-state index in [4.69, 9.17) is 9.47 Å². The normalized spacial score (nSPS) is 14.9. The highest BCUT2D eigenvalue weighted by atomic mass is 16.5. The average molecular weight is 454 g/mol. The molecule has 4 heterocycles. The predicted octanol–water partition coefficient (Wildman–Crippen LogP) is 2.40. The second kappa shape index (κ2) is 10.5. The highest BCUT2D eigenvalue weighted by Crippen LogP contribution is 2.40. The molecule has 176 valence electrons. The summed E-state index contributed by atoms with van der Waals surface area (Å²) in [6.45, 7) is 8.96. The minimum Gasteiger partial charge on any atom is -0.496 e. The van der Waals surface area contributed by atoms with Crippen LogP contribution in [0.3, 0.4) is 0 Å². The molecule has 4 rings (SSSR count). The first-order valence-corrected chi connectivity index (χ1v) is 11.2. The van der Waals surface area contributed by atoms with E-state index in [-0.39, 0.29) is 6.03 Å². The Morgan fingerprint density at radius 2 is 1.91 bits per heavy atom. The number of nitrogens with one attached hydrogen (secondary N) is 3. The molecule has 1 fully saturated rings. The van der Waals surface area contributed by atoms with Crippen LogP contribution in [0.5, 0.6) is 11.6 Å². The van der Waals surface area contributed by atoms with Gasteiger partial charge in [0.2, 0.25) is 5.88 Å². The summed E-state index contributed by atoms with van der Waals surface area (Å²) in [6, 6.07) is 5.20. The molecule has 3 N–H and O–H groups in total. The van der Waals surface area contributed by atoms with Gasteiger partial charge in [-0.25, -0.2) is 14.8 Å². The minimum atomic E-state index is -0.267. The van der Waals surface area contributed by atoms with Gasteiger partial charge in [-0.15, -0.1) is 0 Å². The molecule has 0 atom stereocenters. The average Bonchev–Trinajstić information content (AvgIpc) is 3.26. The van der Waals surface area contributed by atoms with Crippen molar-refractivity contribution in [2.24, 2.45) is 0 Å². The van der Waals surface area contributed by atoms with Crippen molar-refractivity contribution >= 4 is 22.9 Å². The number of pyridine rings is 2. The van der Waals surface area contributed by atoms with Crippen LogP contribution in [0.4, 0.5) is 10.6 Å². The number of methoxy groups -OCH3 is 2. The number of fused-ring (bicyclic) bond motifs is 1. The number of piperazine rings is 1. The van der Waals surface area contributed by atoms with Gasteiger partial charge in [-0.1, -0.05) is 6.92 Å². The summed E-state index contributed by atoms with van der Waals surface area (Å²) in [7, 11) is 3.18. The summed E-state index contributed by atoms with van der Waals surface area (Å²) in [5, 5.41) is 6.60. The van der Waals surface area contributed by atoms with Crippen LogP contribution in [0.1, 0.15) is 6.92 Å². The van der Waals surface area contributed by atoms with Gasteiger partial charge in [-0.3, -0.25) is 10.2 Å². The summed E-state index contributed by atoms with van der Waals surface area (Å²) >= 11 is 0. The van der Waals surface area contributed by atoms with Crippen molar-refractivity contribution in [3.8, 4) is 22.8 Å². The van der Waals surface area contributed by atoms with Crippen molar-refractivity contribution in [2.75, 3.05) is 65.3 Å². The van der Waals surface area contributed by atoms with E-state index in [0.29, 0.717) is 29.6 Å². The van der Waals surface area contributed by atoms with Crippen LogP contribution in [0.15, 0.2) is 30.6 Å². The van der Waals surface area contributed by atoms with Crippen LogP contribution in [-0.2, 0) is 0 Å². The van der Waals surface area contributed by atoms with E-state index in [1.54, 1.807) is 32.5 Å². The molecule has 0 bridgehead atoms. The van der Waals surface area contributed by atoms with E-state index in [1.165, 1.54) is 0 Å². The molecule has 2 amide bonds. The molecule has 33 heavy (non-hydrogen) atoms. The molecular weight excluding hydrogens is 422 g/mol. The van der Waals surface area contributed by atoms with Crippen molar-refractivity contribution in [2.45, 2.75) is 6.92 Å². The van der Waals surface area contributed by atoms with Crippen molar-refractivity contribution < 1.29 is 14.3 Å². The fourth-order valence-electron chi connectivity index (χ4n) is 4.10. The monoisotopic (exact) mass is 453 g/mol. The number of carbonyl (C=O) groups excluding carboxylic acids is 1. The summed E-state index contributed by atoms with van der Waals surface area (Å²) in [5.41, 5.74) is 2.25. The third-order valence-corrected chi connectivity index (χ3v) is 5.97. The summed E-state index contributed by atoms with van der Waals surface area (Å²) in [4.78, 5) is 29.1. The summed E-state index contributed by atoms with van der Waals surface area (Å²) in [5.74, 6) is 1.59. The maximum absolute atomic E-state index is 12.3. The lowest BCUT2D eigenvalue weighted by Crippen LogP contribution is -2.48. The predicted molar refractivity (Wildman–Crippen MR) is 128 cm³/mol. The number of hydrogen-bond donors (Lipinski definition) is 3. The van der Waals surface area contributed by atoms with Gasteiger partial charge in [-0.05, 0) is 24.7 Å². The molecule has 0 unspecified atom stereocenters.